The summed E-state index contributed by atoms with van der Waals surface area (Å²) in [6.07, 6.45) is 6.44. The van der Waals surface area contributed by atoms with Gasteiger partial charge in [-0.25, -0.2) is 0 Å². The van der Waals surface area contributed by atoms with Gasteiger partial charge in [0.05, 0.1) is 6.04 Å². The molecule has 2 heterocycles. The van der Waals surface area contributed by atoms with E-state index in [4.69, 9.17) is 0 Å². The van der Waals surface area contributed by atoms with Gasteiger partial charge in [-0.2, -0.15) is 5.10 Å². The van der Waals surface area contributed by atoms with Gasteiger partial charge < -0.3 is 4.90 Å². The molecule has 0 amide bonds. The molecular formula is C10H17N3. The molecule has 0 bridgehead atoms. The van der Waals surface area contributed by atoms with Gasteiger partial charge in [0.25, 0.3) is 0 Å². The summed E-state index contributed by atoms with van der Waals surface area (Å²) in [7, 11) is 0. The SMILES string of the molecule is CCCN1CCC(n2cccn2)C1. The van der Waals surface area contributed by atoms with Crippen molar-refractivity contribution in [2.45, 2.75) is 25.8 Å². The first-order chi connectivity index (χ1) is 6.40. The summed E-state index contributed by atoms with van der Waals surface area (Å²) in [6, 6.07) is 2.62. The third-order valence-corrected chi connectivity index (χ3v) is 2.69. The third-order valence-electron chi connectivity index (χ3n) is 2.69. The van der Waals surface area contributed by atoms with Crippen LogP contribution in [-0.4, -0.2) is 34.3 Å². The number of hydrogen-bond donors (Lipinski definition) is 0. The Morgan fingerprint density at radius 2 is 2.46 bits per heavy atom. The maximum atomic E-state index is 4.28. The molecule has 0 radical (unpaired) electrons. The Hall–Kier alpha value is -0.830. The molecule has 1 aliphatic heterocycles. The lowest BCUT2D eigenvalue weighted by Gasteiger charge is -2.14. The van der Waals surface area contributed by atoms with Crippen LogP contribution in [0.2, 0.25) is 0 Å². The maximum absolute atomic E-state index is 4.28. The lowest BCUT2D eigenvalue weighted by atomic mass is 10.3. The predicted octanol–water partition coefficient (Wildman–Crippen LogP) is 1.54. The van der Waals surface area contributed by atoms with Crippen LogP contribution in [0.4, 0.5) is 0 Å². The Labute approximate surface area is 79.3 Å². The van der Waals surface area contributed by atoms with Crippen LogP contribution in [-0.2, 0) is 0 Å². The average molecular weight is 179 g/mol. The smallest absolute Gasteiger partial charge is 0.0658 e. The first-order valence-corrected chi connectivity index (χ1v) is 5.11. The summed E-state index contributed by atoms with van der Waals surface area (Å²) >= 11 is 0. The second-order valence-corrected chi connectivity index (χ2v) is 3.73. The fourth-order valence-corrected chi connectivity index (χ4v) is 2.04. The largest absolute Gasteiger partial charge is 0.301 e. The van der Waals surface area contributed by atoms with Crippen LogP contribution in [0.25, 0.3) is 0 Å². The Bertz CT molecular complexity index is 243. The van der Waals surface area contributed by atoms with Crippen LogP contribution in [0.3, 0.4) is 0 Å². The van der Waals surface area contributed by atoms with Crippen molar-refractivity contribution in [3.63, 3.8) is 0 Å². The molecule has 13 heavy (non-hydrogen) atoms. The molecule has 0 aliphatic carbocycles. The van der Waals surface area contributed by atoms with E-state index >= 15 is 0 Å². The molecule has 0 aromatic carbocycles. The Kier molecular flexibility index (Phi) is 2.64. The van der Waals surface area contributed by atoms with Crippen molar-refractivity contribution in [1.29, 1.82) is 0 Å². The molecule has 1 saturated heterocycles. The zero-order valence-corrected chi connectivity index (χ0v) is 8.19. The lowest BCUT2D eigenvalue weighted by Crippen LogP contribution is -2.22. The van der Waals surface area contributed by atoms with Crippen molar-refractivity contribution in [2.75, 3.05) is 19.6 Å². The third kappa shape index (κ3) is 1.91. The van der Waals surface area contributed by atoms with Gasteiger partial charge in [0.15, 0.2) is 0 Å². The molecular weight excluding hydrogens is 162 g/mol. The van der Waals surface area contributed by atoms with Crippen molar-refractivity contribution in [3.05, 3.63) is 18.5 Å². The minimum atomic E-state index is 0.613. The maximum Gasteiger partial charge on any atom is 0.0658 e. The van der Waals surface area contributed by atoms with Crippen molar-refractivity contribution in [2.24, 2.45) is 0 Å². The second-order valence-electron chi connectivity index (χ2n) is 3.73. The average Bonchev–Trinajstić information content (AvgIpc) is 2.70. The number of aromatic nitrogens is 2. The number of nitrogens with zero attached hydrogens (tertiary/aromatic N) is 3. The molecule has 72 valence electrons. The van der Waals surface area contributed by atoms with E-state index in [0.29, 0.717) is 6.04 Å². The molecule has 1 aliphatic rings. The lowest BCUT2D eigenvalue weighted by molar-refractivity contribution is 0.319. The second kappa shape index (κ2) is 3.92. The van der Waals surface area contributed by atoms with E-state index < -0.39 is 0 Å². The normalized spacial score (nSPS) is 23.9. The molecule has 1 atom stereocenters. The zero-order valence-electron chi connectivity index (χ0n) is 8.19. The molecule has 0 saturated carbocycles. The topological polar surface area (TPSA) is 21.1 Å². The van der Waals surface area contributed by atoms with Crippen LogP contribution in [0, 0.1) is 0 Å². The molecule has 3 heteroatoms. The summed E-state index contributed by atoms with van der Waals surface area (Å²) in [4.78, 5) is 2.52. The monoisotopic (exact) mass is 179 g/mol. The summed E-state index contributed by atoms with van der Waals surface area (Å²) < 4.78 is 2.09. The fraction of sp³-hybridized carbons (Fsp3) is 0.700. The van der Waals surface area contributed by atoms with E-state index in [1.54, 1.807) is 0 Å². The highest BCUT2D eigenvalue weighted by molar-refractivity contribution is 4.86. The van der Waals surface area contributed by atoms with Gasteiger partial charge in [-0.05, 0) is 25.5 Å². The van der Waals surface area contributed by atoms with Crippen molar-refractivity contribution in [3.8, 4) is 0 Å². The number of hydrogen-bond acceptors (Lipinski definition) is 2. The van der Waals surface area contributed by atoms with E-state index in [1.807, 2.05) is 12.3 Å². The number of likely N-dealkylation sites (tertiary alicyclic amines) is 1. The van der Waals surface area contributed by atoms with E-state index in [-0.39, 0.29) is 0 Å². The molecule has 0 N–H and O–H groups in total. The Morgan fingerprint density at radius 1 is 1.54 bits per heavy atom. The first kappa shape index (κ1) is 8.75. The van der Waals surface area contributed by atoms with Crippen LogP contribution in [0.15, 0.2) is 18.5 Å². The van der Waals surface area contributed by atoms with Crippen molar-refractivity contribution >= 4 is 0 Å². The highest BCUT2D eigenvalue weighted by Crippen LogP contribution is 2.20. The van der Waals surface area contributed by atoms with E-state index in [1.165, 1.54) is 32.5 Å². The minimum absolute atomic E-state index is 0.613. The van der Waals surface area contributed by atoms with E-state index in [2.05, 4.69) is 27.8 Å². The van der Waals surface area contributed by atoms with Gasteiger partial charge in [0.2, 0.25) is 0 Å². The van der Waals surface area contributed by atoms with Gasteiger partial charge in [0, 0.05) is 25.5 Å². The molecule has 3 nitrogen and oxygen atoms in total. The van der Waals surface area contributed by atoms with Gasteiger partial charge >= 0.3 is 0 Å². The van der Waals surface area contributed by atoms with Crippen LogP contribution < -0.4 is 0 Å². The first-order valence-electron chi connectivity index (χ1n) is 5.11. The molecule has 2 rings (SSSR count). The molecule has 1 aromatic heterocycles. The van der Waals surface area contributed by atoms with Crippen LogP contribution in [0.1, 0.15) is 25.8 Å². The van der Waals surface area contributed by atoms with E-state index in [0.717, 1.165) is 0 Å². The Morgan fingerprint density at radius 3 is 3.15 bits per heavy atom. The number of rotatable bonds is 3. The minimum Gasteiger partial charge on any atom is -0.301 e. The zero-order chi connectivity index (χ0) is 9.10. The Balaban J connectivity index is 1.91. The van der Waals surface area contributed by atoms with Gasteiger partial charge in [-0.15, -0.1) is 0 Å². The highest BCUT2D eigenvalue weighted by atomic mass is 15.3. The standard InChI is InChI=1S/C10H17N3/c1-2-6-12-8-4-10(9-12)13-7-3-5-11-13/h3,5,7,10H,2,4,6,8-9H2,1H3. The summed E-state index contributed by atoms with van der Waals surface area (Å²) in [5, 5.41) is 4.28. The molecule has 1 unspecified atom stereocenters. The van der Waals surface area contributed by atoms with Crippen molar-refractivity contribution < 1.29 is 0 Å². The van der Waals surface area contributed by atoms with Gasteiger partial charge in [-0.3, -0.25) is 4.68 Å². The predicted molar refractivity (Wildman–Crippen MR) is 52.6 cm³/mol. The van der Waals surface area contributed by atoms with E-state index in [9.17, 15) is 0 Å². The molecule has 0 spiro atoms. The van der Waals surface area contributed by atoms with Gasteiger partial charge in [0.1, 0.15) is 0 Å². The van der Waals surface area contributed by atoms with Crippen molar-refractivity contribution in [1.82, 2.24) is 14.7 Å². The fourth-order valence-electron chi connectivity index (χ4n) is 2.04. The van der Waals surface area contributed by atoms with Crippen LogP contribution >= 0.6 is 0 Å². The van der Waals surface area contributed by atoms with Gasteiger partial charge in [-0.1, -0.05) is 6.92 Å². The molecule has 1 fully saturated rings. The summed E-state index contributed by atoms with van der Waals surface area (Å²) in [5.74, 6) is 0. The molecule has 1 aromatic rings. The highest BCUT2D eigenvalue weighted by Gasteiger charge is 2.22. The van der Waals surface area contributed by atoms with Crippen LogP contribution in [0.5, 0.6) is 0 Å². The quantitative estimate of drug-likeness (QED) is 0.701. The summed E-state index contributed by atoms with van der Waals surface area (Å²) in [5.41, 5.74) is 0. The summed E-state index contributed by atoms with van der Waals surface area (Å²) in [6.45, 7) is 5.88.